The fourth-order valence-corrected chi connectivity index (χ4v) is 3.63. The average molecular weight is 383 g/mol. The van der Waals surface area contributed by atoms with E-state index in [1.807, 2.05) is 59.2 Å². The van der Waals surface area contributed by atoms with Gasteiger partial charge in [-0.15, -0.1) is 5.10 Å². The lowest BCUT2D eigenvalue weighted by Crippen LogP contribution is -2.14. The lowest BCUT2D eigenvalue weighted by Gasteiger charge is -2.09. The second-order valence-electron chi connectivity index (χ2n) is 7.30. The minimum Gasteiger partial charge on any atom is -0.497 e. The van der Waals surface area contributed by atoms with Gasteiger partial charge >= 0.3 is 0 Å². The SMILES string of the molecule is COc1ccc(-c2cccn3nc(NC(=O)C4CC4)c(-c4ccccc4)c23)cc1. The molecule has 1 saturated carbocycles. The van der Waals surface area contributed by atoms with Gasteiger partial charge in [0.1, 0.15) is 5.75 Å². The molecule has 144 valence electrons. The van der Waals surface area contributed by atoms with Gasteiger partial charge in [0.05, 0.1) is 18.2 Å². The first-order valence-corrected chi connectivity index (χ1v) is 9.76. The number of methoxy groups -OCH3 is 1. The molecule has 1 fully saturated rings. The highest BCUT2D eigenvalue weighted by Gasteiger charge is 2.31. The van der Waals surface area contributed by atoms with Gasteiger partial charge in [-0.1, -0.05) is 48.5 Å². The van der Waals surface area contributed by atoms with Gasteiger partial charge in [-0.3, -0.25) is 4.79 Å². The molecule has 2 aromatic carbocycles. The van der Waals surface area contributed by atoms with Gasteiger partial charge in [-0.2, -0.15) is 0 Å². The maximum absolute atomic E-state index is 12.5. The summed E-state index contributed by atoms with van der Waals surface area (Å²) in [7, 11) is 1.66. The van der Waals surface area contributed by atoms with E-state index < -0.39 is 0 Å². The van der Waals surface area contributed by atoms with E-state index in [2.05, 4.69) is 23.5 Å². The fraction of sp³-hybridized carbons (Fsp3) is 0.167. The molecule has 0 bridgehead atoms. The lowest BCUT2D eigenvalue weighted by atomic mass is 9.99. The van der Waals surface area contributed by atoms with Crippen molar-refractivity contribution in [1.82, 2.24) is 9.61 Å². The zero-order valence-electron chi connectivity index (χ0n) is 16.1. The Balaban J connectivity index is 1.72. The van der Waals surface area contributed by atoms with Crippen LogP contribution in [0.2, 0.25) is 0 Å². The molecule has 0 radical (unpaired) electrons. The molecule has 1 amide bonds. The van der Waals surface area contributed by atoms with E-state index in [9.17, 15) is 4.79 Å². The first kappa shape index (κ1) is 17.5. The van der Waals surface area contributed by atoms with Crippen LogP contribution in [0.3, 0.4) is 0 Å². The van der Waals surface area contributed by atoms with E-state index in [1.165, 1.54) is 0 Å². The first-order valence-electron chi connectivity index (χ1n) is 9.76. The second-order valence-corrected chi connectivity index (χ2v) is 7.30. The highest BCUT2D eigenvalue weighted by atomic mass is 16.5. The number of carbonyl (C=O) groups excluding carboxylic acids is 1. The molecule has 1 aliphatic rings. The maximum atomic E-state index is 12.5. The van der Waals surface area contributed by atoms with Gasteiger partial charge in [0.25, 0.3) is 0 Å². The predicted molar refractivity (Wildman–Crippen MR) is 114 cm³/mol. The van der Waals surface area contributed by atoms with Crippen molar-refractivity contribution in [2.45, 2.75) is 12.8 Å². The van der Waals surface area contributed by atoms with Crippen LogP contribution in [0.15, 0.2) is 72.9 Å². The number of benzene rings is 2. The van der Waals surface area contributed by atoms with Crippen LogP contribution in [0.5, 0.6) is 5.75 Å². The van der Waals surface area contributed by atoms with Crippen molar-refractivity contribution < 1.29 is 9.53 Å². The van der Waals surface area contributed by atoms with E-state index in [1.54, 1.807) is 7.11 Å². The van der Waals surface area contributed by atoms with Crippen molar-refractivity contribution in [3.8, 4) is 28.0 Å². The van der Waals surface area contributed by atoms with Crippen molar-refractivity contribution in [3.05, 3.63) is 72.9 Å². The summed E-state index contributed by atoms with van der Waals surface area (Å²) in [6.07, 6.45) is 3.83. The molecule has 0 spiro atoms. The van der Waals surface area contributed by atoms with Crippen LogP contribution in [0.25, 0.3) is 27.8 Å². The van der Waals surface area contributed by atoms with E-state index >= 15 is 0 Å². The van der Waals surface area contributed by atoms with Crippen LogP contribution in [0.4, 0.5) is 5.82 Å². The van der Waals surface area contributed by atoms with Crippen molar-refractivity contribution >= 4 is 17.2 Å². The van der Waals surface area contributed by atoms with E-state index in [0.717, 1.165) is 46.4 Å². The van der Waals surface area contributed by atoms with Crippen molar-refractivity contribution in [1.29, 1.82) is 0 Å². The van der Waals surface area contributed by atoms with Crippen LogP contribution < -0.4 is 10.1 Å². The third kappa shape index (κ3) is 3.25. The standard InChI is InChI=1S/C24H21N3O2/c1-29-19-13-11-16(12-14-19)20-8-5-15-27-22(20)21(17-6-3-2-4-7-17)23(26-27)25-24(28)18-9-10-18/h2-8,11-15,18H,9-10H2,1H3,(H,25,26,28). The van der Waals surface area contributed by atoms with E-state index in [4.69, 9.17) is 9.84 Å². The smallest absolute Gasteiger partial charge is 0.228 e. The molecule has 0 aliphatic heterocycles. The molecule has 1 N–H and O–H groups in total. The summed E-state index contributed by atoms with van der Waals surface area (Å²) in [5.41, 5.74) is 5.04. The molecule has 2 aromatic heterocycles. The summed E-state index contributed by atoms with van der Waals surface area (Å²) in [4.78, 5) is 12.5. The number of rotatable bonds is 5. The Hall–Kier alpha value is -3.60. The van der Waals surface area contributed by atoms with E-state index in [-0.39, 0.29) is 11.8 Å². The van der Waals surface area contributed by atoms with Crippen molar-refractivity contribution in [2.75, 3.05) is 12.4 Å². The summed E-state index contributed by atoms with van der Waals surface area (Å²) >= 11 is 0. The lowest BCUT2D eigenvalue weighted by molar-refractivity contribution is -0.117. The monoisotopic (exact) mass is 383 g/mol. The zero-order chi connectivity index (χ0) is 19.8. The maximum Gasteiger partial charge on any atom is 0.228 e. The quantitative estimate of drug-likeness (QED) is 0.526. The van der Waals surface area contributed by atoms with Gasteiger partial charge < -0.3 is 10.1 Å². The summed E-state index contributed by atoms with van der Waals surface area (Å²) in [5, 5.41) is 7.79. The minimum absolute atomic E-state index is 0.0524. The molecule has 5 heteroatoms. The number of hydrogen-bond donors (Lipinski definition) is 1. The topological polar surface area (TPSA) is 55.6 Å². The van der Waals surface area contributed by atoms with E-state index in [0.29, 0.717) is 5.82 Å². The number of aromatic nitrogens is 2. The van der Waals surface area contributed by atoms with Crippen LogP contribution in [0.1, 0.15) is 12.8 Å². The summed E-state index contributed by atoms with van der Waals surface area (Å²) < 4.78 is 7.15. The summed E-state index contributed by atoms with van der Waals surface area (Å²) in [6.45, 7) is 0. The third-order valence-corrected chi connectivity index (χ3v) is 5.31. The fourth-order valence-electron chi connectivity index (χ4n) is 3.63. The van der Waals surface area contributed by atoms with Crippen molar-refractivity contribution in [2.24, 2.45) is 5.92 Å². The number of ether oxygens (including phenoxy) is 1. The molecule has 29 heavy (non-hydrogen) atoms. The molecule has 5 nitrogen and oxygen atoms in total. The minimum atomic E-state index is 0.0524. The number of amides is 1. The number of nitrogens with zero attached hydrogens (tertiary/aromatic N) is 2. The number of hydrogen-bond acceptors (Lipinski definition) is 3. The molecule has 5 rings (SSSR count). The van der Waals surface area contributed by atoms with Gasteiger partial charge in [0.2, 0.25) is 5.91 Å². The van der Waals surface area contributed by atoms with Crippen LogP contribution in [-0.2, 0) is 4.79 Å². The number of fused-ring (bicyclic) bond motifs is 1. The Labute approximate surface area is 168 Å². The largest absolute Gasteiger partial charge is 0.497 e. The molecule has 0 atom stereocenters. The molecular formula is C24H21N3O2. The molecule has 0 saturated heterocycles. The molecule has 1 aliphatic carbocycles. The third-order valence-electron chi connectivity index (χ3n) is 5.31. The summed E-state index contributed by atoms with van der Waals surface area (Å²) in [6, 6.07) is 22.1. The number of nitrogens with one attached hydrogen (secondary N) is 1. The molecule has 2 heterocycles. The Bertz CT molecular complexity index is 1180. The van der Waals surface area contributed by atoms with Gasteiger partial charge in [-0.05, 0) is 42.2 Å². The highest BCUT2D eigenvalue weighted by Crippen LogP contribution is 2.39. The van der Waals surface area contributed by atoms with Crippen molar-refractivity contribution in [3.63, 3.8) is 0 Å². The van der Waals surface area contributed by atoms with Gasteiger partial charge in [0.15, 0.2) is 5.82 Å². The number of pyridine rings is 1. The Morgan fingerprint density at radius 3 is 2.45 bits per heavy atom. The summed E-state index contributed by atoms with van der Waals surface area (Å²) in [5.74, 6) is 1.59. The van der Waals surface area contributed by atoms with Crippen LogP contribution in [-0.4, -0.2) is 22.6 Å². The van der Waals surface area contributed by atoms with Gasteiger partial charge in [-0.25, -0.2) is 4.52 Å². The predicted octanol–water partition coefficient (Wildman–Crippen LogP) is 5.03. The number of carbonyl (C=O) groups is 1. The van der Waals surface area contributed by atoms with Crippen LogP contribution in [0, 0.1) is 5.92 Å². The highest BCUT2D eigenvalue weighted by molar-refractivity contribution is 6.03. The Morgan fingerprint density at radius 1 is 1.00 bits per heavy atom. The normalized spacial score (nSPS) is 13.4. The first-order chi connectivity index (χ1) is 14.2. The van der Waals surface area contributed by atoms with Crippen LogP contribution >= 0.6 is 0 Å². The zero-order valence-corrected chi connectivity index (χ0v) is 16.1. The molecule has 4 aromatic rings. The molecule has 0 unspecified atom stereocenters. The second kappa shape index (κ2) is 7.09. The Kier molecular flexibility index (Phi) is 4.28. The molecular weight excluding hydrogens is 362 g/mol. The van der Waals surface area contributed by atoms with Gasteiger partial charge in [0, 0.05) is 17.7 Å². The Morgan fingerprint density at radius 2 is 1.76 bits per heavy atom. The average Bonchev–Trinajstić information content (AvgIpc) is 3.56. The number of anilines is 1.